The maximum atomic E-state index is 13.2. The van der Waals surface area contributed by atoms with Crippen LogP contribution >= 0.6 is 0 Å². The van der Waals surface area contributed by atoms with E-state index in [2.05, 4.69) is 15.7 Å². The van der Waals surface area contributed by atoms with Crippen LogP contribution in [0.25, 0.3) is 22.3 Å². The Bertz CT molecular complexity index is 1240. The minimum atomic E-state index is -0.261. The highest BCUT2D eigenvalue weighted by Gasteiger charge is 2.19. The summed E-state index contributed by atoms with van der Waals surface area (Å²) in [4.78, 5) is 29.6. The molecule has 4 aromatic rings. The lowest BCUT2D eigenvalue weighted by Crippen LogP contribution is -2.18. The van der Waals surface area contributed by atoms with Crippen molar-refractivity contribution in [2.75, 3.05) is 12.4 Å². The number of pyridine rings is 1. The van der Waals surface area contributed by atoms with Crippen LogP contribution in [0.2, 0.25) is 0 Å². The van der Waals surface area contributed by atoms with Crippen LogP contribution in [0.3, 0.4) is 0 Å². The number of aromatic nitrogens is 3. The summed E-state index contributed by atoms with van der Waals surface area (Å²) in [5.41, 5.74) is 4.62. The van der Waals surface area contributed by atoms with E-state index in [1.54, 1.807) is 42.1 Å². The van der Waals surface area contributed by atoms with Crippen LogP contribution in [0.4, 0.5) is 5.69 Å². The van der Waals surface area contributed by atoms with Crippen LogP contribution in [0.1, 0.15) is 26.4 Å². The second-order valence-electron chi connectivity index (χ2n) is 6.94. The lowest BCUT2D eigenvalue weighted by atomic mass is 10.0. The monoisotopic (exact) mass is 399 g/mol. The van der Waals surface area contributed by atoms with Crippen molar-refractivity contribution in [3.05, 3.63) is 77.5 Å². The van der Waals surface area contributed by atoms with E-state index >= 15 is 0 Å². The molecule has 4 rings (SSSR count). The summed E-state index contributed by atoms with van der Waals surface area (Å²) in [5.74, 6) is -0.439. The molecule has 0 atom stereocenters. The molecule has 0 radical (unpaired) electrons. The lowest BCUT2D eigenvalue weighted by Gasteiger charge is -2.10. The number of carbonyl (C=O) groups is 2. The summed E-state index contributed by atoms with van der Waals surface area (Å²) in [6.45, 7) is 1.86. The third kappa shape index (κ3) is 3.53. The molecule has 2 heterocycles. The Labute approximate surface area is 173 Å². The predicted octanol–water partition coefficient (Wildman–Crippen LogP) is 3.56. The van der Waals surface area contributed by atoms with Gasteiger partial charge < -0.3 is 10.6 Å². The van der Waals surface area contributed by atoms with Crippen LogP contribution in [-0.2, 0) is 7.05 Å². The fraction of sp³-hybridized carbons (Fsp3) is 0.130. The first-order valence-electron chi connectivity index (χ1n) is 9.51. The first-order chi connectivity index (χ1) is 14.5. The van der Waals surface area contributed by atoms with E-state index in [0.717, 1.165) is 16.6 Å². The van der Waals surface area contributed by atoms with Gasteiger partial charge in [0.1, 0.15) is 0 Å². The highest BCUT2D eigenvalue weighted by Crippen LogP contribution is 2.27. The largest absolute Gasteiger partial charge is 0.355 e. The summed E-state index contributed by atoms with van der Waals surface area (Å²) in [7, 11) is 3.39. The molecule has 7 heteroatoms. The molecule has 2 aromatic heterocycles. The van der Waals surface area contributed by atoms with Crippen molar-refractivity contribution in [3.63, 3.8) is 0 Å². The first kappa shape index (κ1) is 19.3. The number of fused-ring (bicyclic) bond motifs is 1. The van der Waals surface area contributed by atoms with E-state index in [9.17, 15) is 9.59 Å². The van der Waals surface area contributed by atoms with E-state index in [-0.39, 0.29) is 11.8 Å². The number of rotatable bonds is 4. The Morgan fingerprint density at radius 1 is 0.967 bits per heavy atom. The zero-order chi connectivity index (χ0) is 21.3. The second-order valence-corrected chi connectivity index (χ2v) is 6.94. The number of benzene rings is 2. The zero-order valence-corrected chi connectivity index (χ0v) is 16.9. The highest BCUT2D eigenvalue weighted by molar-refractivity contribution is 6.13. The van der Waals surface area contributed by atoms with Crippen LogP contribution in [0.15, 0.2) is 60.7 Å². The Balaban J connectivity index is 1.75. The van der Waals surface area contributed by atoms with Crippen molar-refractivity contribution in [3.8, 4) is 11.3 Å². The third-order valence-electron chi connectivity index (χ3n) is 4.91. The van der Waals surface area contributed by atoms with Gasteiger partial charge in [-0.25, -0.2) is 4.98 Å². The van der Waals surface area contributed by atoms with Gasteiger partial charge in [-0.05, 0) is 37.3 Å². The van der Waals surface area contributed by atoms with Gasteiger partial charge in [0.25, 0.3) is 11.8 Å². The minimum absolute atomic E-state index is 0.179. The fourth-order valence-electron chi connectivity index (χ4n) is 3.43. The minimum Gasteiger partial charge on any atom is -0.355 e. The molecule has 0 unspecified atom stereocenters. The van der Waals surface area contributed by atoms with Gasteiger partial charge in [-0.1, -0.05) is 30.3 Å². The summed E-state index contributed by atoms with van der Waals surface area (Å²) < 4.78 is 1.69. The molecule has 0 aliphatic rings. The van der Waals surface area contributed by atoms with Crippen LogP contribution in [0.5, 0.6) is 0 Å². The molecule has 0 aliphatic heterocycles. The quantitative estimate of drug-likeness (QED) is 0.549. The Hall–Kier alpha value is -4.00. The van der Waals surface area contributed by atoms with Gasteiger partial charge in [-0.3, -0.25) is 14.3 Å². The number of hydrogen-bond acceptors (Lipinski definition) is 4. The molecular weight excluding hydrogens is 378 g/mol. The van der Waals surface area contributed by atoms with Gasteiger partial charge in [0.2, 0.25) is 0 Å². The Morgan fingerprint density at radius 3 is 2.33 bits per heavy atom. The van der Waals surface area contributed by atoms with Gasteiger partial charge >= 0.3 is 0 Å². The van der Waals surface area contributed by atoms with E-state index in [4.69, 9.17) is 4.98 Å². The molecule has 0 saturated carbocycles. The summed E-state index contributed by atoms with van der Waals surface area (Å²) in [6.07, 6.45) is 0. The van der Waals surface area contributed by atoms with E-state index < -0.39 is 0 Å². The van der Waals surface area contributed by atoms with Crippen LogP contribution in [0, 0.1) is 6.92 Å². The molecule has 2 N–H and O–H groups in total. The fourth-order valence-corrected chi connectivity index (χ4v) is 3.43. The van der Waals surface area contributed by atoms with Crippen molar-refractivity contribution in [2.24, 2.45) is 7.05 Å². The van der Waals surface area contributed by atoms with Crippen molar-refractivity contribution >= 4 is 28.5 Å². The van der Waals surface area contributed by atoms with E-state index in [1.807, 2.05) is 44.3 Å². The average molecular weight is 399 g/mol. The molecule has 30 heavy (non-hydrogen) atoms. The van der Waals surface area contributed by atoms with Crippen LogP contribution < -0.4 is 10.6 Å². The standard InChI is InChI=1S/C23H21N5O2/c1-14-20-18(23(30)25-17-11-9-16(10-12-17)22(29)24-2)13-19(15-7-5-4-6-8-15)26-21(20)28(3)27-14/h4-13H,1-3H3,(H,24,29)(H,25,30). The molecule has 2 aromatic carbocycles. The Morgan fingerprint density at radius 2 is 1.67 bits per heavy atom. The second kappa shape index (κ2) is 7.79. The average Bonchev–Trinajstić information content (AvgIpc) is 3.07. The molecule has 0 spiro atoms. The SMILES string of the molecule is CNC(=O)c1ccc(NC(=O)c2cc(-c3ccccc3)nc3c2c(C)nn3C)cc1. The maximum Gasteiger partial charge on any atom is 0.256 e. The molecule has 0 fully saturated rings. The first-order valence-corrected chi connectivity index (χ1v) is 9.51. The van der Waals surface area contributed by atoms with Gasteiger partial charge in [-0.15, -0.1) is 0 Å². The van der Waals surface area contributed by atoms with Gasteiger partial charge in [0, 0.05) is 30.9 Å². The molecule has 0 saturated heterocycles. The molecule has 7 nitrogen and oxygen atoms in total. The zero-order valence-electron chi connectivity index (χ0n) is 16.9. The van der Waals surface area contributed by atoms with Crippen LogP contribution in [-0.4, -0.2) is 33.6 Å². The normalized spacial score (nSPS) is 10.8. The number of hydrogen-bond donors (Lipinski definition) is 2. The maximum absolute atomic E-state index is 13.2. The van der Waals surface area contributed by atoms with Crippen molar-refractivity contribution in [2.45, 2.75) is 6.92 Å². The topological polar surface area (TPSA) is 88.9 Å². The predicted molar refractivity (Wildman–Crippen MR) is 116 cm³/mol. The van der Waals surface area contributed by atoms with Gasteiger partial charge in [-0.2, -0.15) is 5.10 Å². The van der Waals surface area contributed by atoms with Gasteiger partial charge in [0.15, 0.2) is 5.65 Å². The van der Waals surface area contributed by atoms with Gasteiger partial charge in [0.05, 0.1) is 22.3 Å². The van der Waals surface area contributed by atoms with E-state index in [0.29, 0.717) is 28.2 Å². The number of amides is 2. The molecule has 2 amide bonds. The van der Waals surface area contributed by atoms with Crippen molar-refractivity contribution in [1.29, 1.82) is 0 Å². The Kier molecular flexibility index (Phi) is 5.02. The summed E-state index contributed by atoms with van der Waals surface area (Å²) >= 11 is 0. The van der Waals surface area contributed by atoms with Crippen molar-refractivity contribution in [1.82, 2.24) is 20.1 Å². The smallest absolute Gasteiger partial charge is 0.256 e. The summed E-state index contributed by atoms with van der Waals surface area (Å²) in [5, 5.41) is 10.7. The molecule has 0 aliphatic carbocycles. The number of carbonyl (C=O) groups excluding carboxylic acids is 2. The highest BCUT2D eigenvalue weighted by atomic mass is 16.2. The molecule has 150 valence electrons. The molecular formula is C23H21N5O2. The lowest BCUT2D eigenvalue weighted by molar-refractivity contribution is 0.0962. The number of anilines is 1. The number of aryl methyl sites for hydroxylation is 2. The number of nitrogens with zero attached hydrogens (tertiary/aromatic N) is 3. The third-order valence-corrected chi connectivity index (χ3v) is 4.91. The number of nitrogens with one attached hydrogen (secondary N) is 2. The van der Waals surface area contributed by atoms with Crippen molar-refractivity contribution < 1.29 is 9.59 Å². The molecule has 0 bridgehead atoms. The van der Waals surface area contributed by atoms with E-state index in [1.165, 1.54) is 0 Å². The summed E-state index contributed by atoms with van der Waals surface area (Å²) in [6, 6.07) is 18.2.